The highest BCUT2D eigenvalue weighted by Gasteiger charge is 2.30. The number of hydrogen-bond acceptors (Lipinski definition) is 4. The Hall–Kier alpha value is -2.40. The minimum Gasteiger partial charge on any atom is -0.476 e. The maximum atomic E-state index is 12.6. The molecule has 1 N–H and O–H groups in total. The summed E-state index contributed by atoms with van der Waals surface area (Å²) >= 11 is 0. The van der Waals surface area contributed by atoms with Crippen molar-refractivity contribution < 1.29 is 9.53 Å². The van der Waals surface area contributed by atoms with Crippen LogP contribution in [0.5, 0.6) is 5.88 Å². The lowest BCUT2D eigenvalue weighted by atomic mass is 10.0. The van der Waals surface area contributed by atoms with Gasteiger partial charge in [-0.15, -0.1) is 0 Å². The van der Waals surface area contributed by atoms with Crippen molar-refractivity contribution in [2.45, 2.75) is 19.4 Å². The average Bonchev–Trinajstić information content (AvgIpc) is 2.91. The third kappa shape index (κ3) is 4.17. The van der Waals surface area contributed by atoms with Crippen molar-refractivity contribution in [3.8, 4) is 5.88 Å². The quantitative estimate of drug-likeness (QED) is 0.879. The fourth-order valence-electron chi connectivity index (χ4n) is 3.17. The second kappa shape index (κ2) is 7.66. The normalized spacial score (nSPS) is 18.9. The van der Waals surface area contributed by atoms with Crippen LogP contribution in [0.25, 0.3) is 0 Å². The number of carbonyl (C=O) groups is 1. The van der Waals surface area contributed by atoms with E-state index in [0.717, 1.165) is 13.0 Å². The van der Waals surface area contributed by atoms with Crippen LogP contribution in [0.15, 0.2) is 42.6 Å². The van der Waals surface area contributed by atoms with E-state index in [9.17, 15) is 4.79 Å². The van der Waals surface area contributed by atoms with E-state index in [0.29, 0.717) is 24.0 Å². The number of nitrogens with zero attached hydrogens (tertiary/aromatic N) is 2. The van der Waals surface area contributed by atoms with E-state index in [1.165, 1.54) is 11.1 Å². The third-order valence-corrected chi connectivity index (χ3v) is 4.57. The summed E-state index contributed by atoms with van der Waals surface area (Å²) in [5, 5.41) is 3.15. The largest absolute Gasteiger partial charge is 0.476 e. The predicted octanol–water partition coefficient (Wildman–Crippen LogP) is 2.69. The first-order valence-electron chi connectivity index (χ1n) is 8.67. The molecule has 1 aliphatic carbocycles. The lowest BCUT2D eigenvalue weighted by molar-refractivity contribution is 0.0926. The first-order chi connectivity index (χ1) is 12.0. The summed E-state index contributed by atoms with van der Waals surface area (Å²) in [6.45, 7) is 3.57. The Morgan fingerprint density at radius 1 is 1.28 bits per heavy atom. The molecule has 3 rings (SSSR count). The first-order valence-corrected chi connectivity index (χ1v) is 8.67. The highest BCUT2D eigenvalue weighted by molar-refractivity contribution is 5.94. The summed E-state index contributed by atoms with van der Waals surface area (Å²) in [6, 6.07) is 11.9. The molecular formula is C20H25N3O2. The standard InChI is InChI=1S/C20H25N3O2/c1-14-12-15-6-4-5-7-17(15)19(14)22-20(24)16-8-9-18(21-13-16)25-11-10-23(2)3/h4-9,13-14,19H,10-12H2,1-3H3,(H,22,24). The number of hydrogen-bond donors (Lipinski definition) is 1. The molecule has 0 radical (unpaired) electrons. The molecule has 1 aromatic carbocycles. The smallest absolute Gasteiger partial charge is 0.253 e. The molecule has 2 aromatic rings. The minimum absolute atomic E-state index is 0.0553. The second-order valence-electron chi connectivity index (χ2n) is 6.87. The lowest BCUT2D eigenvalue weighted by Crippen LogP contribution is -2.30. The van der Waals surface area contributed by atoms with Gasteiger partial charge in [0.05, 0.1) is 11.6 Å². The van der Waals surface area contributed by atoms with Gasteiger partial charge in [-0.05, 0) is 43.6 Å². The van der Waals surface area contributed by atoms with Gasteiger partial charge in [-0.1, -0.05) is 31.2 Å². The Bertz CT molecular complexity index is 728. The van der Waals surface area contributed by atoms with Gasteiger partial charge in [-0.2, -0.15) is 0 Å². The topological polar surface area (TPSA) is 54.5 Å². The molecule has 2 unspecified atom stereocenters. The number of pyridine rings is 1. The number of rotatable bonds is 6. The third-order valence-electron chi connectivity index (χ3n) is 4.57. The van der Waals surface area contributed by atoms with Crippen molar-refractivity contribution in [1.82, 2.24) is 15.2 Å². The first kappa shape index (κ1) is 17.4. The van der Waals surface area contributed by atoms with Crippen LogP contribution in [0.1, 0.15) is 34.5 Å². The molecule has 1 amide bonds. The van der Waals surface area contributed by atoms with Crippen LogP contribution in [0.2, 0.25) is 0 Å². The molecule has 0 fully saturated rings. The molecule has 0 saturated heterocycles. The monoisotopic (exact) mass is 339 g/mol. The number of aromatic nitrogens is 1. The van der Waals surface area contributed by atoms with Gasteiger partial charge in [0.2, 0.25) is 5.88 Å². The van der Waals surface area contributed by atoms with E-state index < -0.39 is 0 Å². The molecule has 132 valence electrons. The minimum atomic E-state index is -0.0964. The summed E-state index contributed by atoms with van der Waals surface area (Å²) < 4.78 is 5.56. The Balaban J connectivity index is 1.62. The molecule has 1 heterocycles. The van der Waals surface area contributed by atoms with Crippen molar-refractivity contribution in [2.75, 3.05) is 27.2 Å². The maximum Gasteiger partial charge on any atom is 0.253 e. The van der Waals surface area contributed by atoms with E-state index in [-0.39, 0.29) is 11.9 Å². The van der Waals surface area contributed by atoms with Crippen LogP contribution in [0.4, 0.5) is 0 Å². The van der Waals surface area contributed by atoms with Crippen LogP contribution in [-0.2, 0) is 6.42 Å². The van der Waals surface area contributed by atoms with Crippen molar-refractivity contribution in [2.24, 2.45) is 5.92 Å². The zero-order chi connectivity index (χ0) is 17.8. The van der Waals surface area contributed by atoms with Gasteiger partial charge in [0.15, 0.2) is 0 Å². The number of likely N-dealkylation sites (N-methyl/N-ethyl adjacent to an activating group) is 1. The molecule has 5 heteroatoms. The maximum absolute atomic E-state index is 12.6. The molecule has 0 aliphatic heterocycles. The average molecular weight is 339 g/mol. The van der Waals surface area contributed by atoms with Gasteiger partial charge in [-0.3, -0.25) is 4.79 Å². The lowest BCUT2D eigenvalue weighted by Gasteiger charge is -2.19. The predicted molar refractivity (Wildman–Crippen MR) is 97.8 cm³/mol. The Morgan fingerprint density at radius 3 is 2.80 bits per heavy atom. The Labute approximate surface area is 149 Å². The van der Waals surface area contributed by atoms with E-state index >= 15 is 0 Å². The fraction of sp³-hybridized carbons (Fsp3) is 0.400. The van der Waals surface area contributed by atoms with Gasteiger partial charge in [-0.25, -0.2) is 4.98 Å². The molecule has 25 heavy (non-hydrogen) atoms. The Morgan fingerprint density at radius 2 is 2.08 bits per heavy atom. The van der Waals surface area contributed by atoms with Crippen molar-refractivity contribution in [1.29, 1.82) is 0 Å². The summed E-state index contributed by atoms with van der Waals surface area (Å²) in [6.07, 6.45) is 2.57. The number of amides is 1. The number of nitrogens with one attached hydrogen (secondary N) is 1. The number of benzene rings is 1. The molecular weight excluding hydrogens is 314 g/mol. The highest BCUT2D eigenvalue weighted by Crippen LogP contribution is 2.35. The zero-order valence-electron chi connectivity index (χ0n) is 15.0. The van der Waals surface area contributed by atoms with E-state index in [1.54, 1.807) is 18.3 Å². The van der Waals surface area contributed by atoms with Crippen molar-refractivity contribution in [3.05, 3.63) is 59.3 Å². The SMILES string of the molecule is CC1Cc2ccccc2C1NC(=O)c1ccc(OCCN(C)C)nc1. The molecule has 1 aliphatic rings. The van der Waals surface area contributed by atoms with Crippen LogP contribution in [-0.4, -0.2) is 43.0 Å². The van der Waals surface area contributed by atoms with Gasteiger partial charge in [0, 0.05) is 18.8 Å². The Kier molecular flexibility index (Phi) is 5.34. The molecule has 5 nitrogen and oxygen atoms in total. The molecule has 0 bridgehead atoms. The number of ether oxygens (including phenoxy) is 1. The van der Waals surface area contributed by atoms with Crippen LogP contribution in [0, 0.1) is 5.92 Å². The van der Waals surface area contributed by atoms with Gasteiger partial charge < -0.3 is 15.0 Å². The van der Waals surface area contributed by atoms with Gasteiger partial charge in [0.1, 0.15) is 6.61 Å². The summed E-state index contributed by atoms with van der Waals surface area (Å²) in [5.41, 5.74) is 3.10. The fourth-order valence-corrected chi connectivity index (χ4v) is 3.17. The summed E-state index contributed by atoms with van der Waals surface area (Å²) in [5.74, 6) is 0.835. The van der Waals surface area contributed by atoms with Gasteiger partial charge in [0.25, 0.3) is 5.91 Å². The van der Waals surface area contributed by atoms with Gasteiger partial charge >= 0.3 is 0 Å². The second-order valence-corrected chi connectivity index (χ2v) is 6.87. The van der Waals surface area contributed by atoms with E-state index in [2.05, 4.69) is 35.4 Å². The van der Waals surface area contributed by atoms with Crippen LogP contribution >= 0.6 is 0 Å². The van der Waals surface area contributed by atoms with Crippen molar-refractivity contribution >= 4 is 5.91 Å². The summed E-state index contributed by atoms with van der Waals surface area (Å²) in [7, 11) is 3.98. The number of carbonyl (C=O) groups excluding carboxylic acids is 1. The van der Waals surface area contributed by atoms with Crippen LogP contribution in [0.3, 0.4) is 0 Å². The van der Waals surface area contributed by atoms with Crippen LogP contribution < -0.4 is 10.1 Å². The molecule has 0 saturated carbocycles. The van der Waals surface area contributed by atoms with E-state index in [1.807, 2.05) is 25.1 Å². The summed E-state index contributed by atoms with van der Waals surface area (Å²) in [4.78, 5) is 18.8. The molecule has 2 atom stereocenters. The number of fused-ring (bicyclic) bond motifs is 1. The van der Waals surface area contributed by atoms with Crippen molar-refractivity contribution in [3.63, 3.8) is 0 Å². The molecule has 1 aromatic heterocycles. The van der Waals surface area contributed by atoms with E-state index in [4.69, 9.17) is 4.74 Å². The highest BCUT2D eigenvalue weighted by atomic mass is 16.5. The molecule has 0 spiro atoms. The zero-order valence-corrected chi connectivity index (χ0v) is 15.0.